The molecule has 1 heterocycles. The van der Waals surface area contributed by atoms with E-state index in [0.717, 1.165) is 49.8 Å². The van der Waals surface area contributed by atoms with E-state index in [1.54, 1.807) is 0 Å². The smallest absolute Gasteiger partial charge is 0.218 e. The van der Waals surface area contributed by atoms with Crippen molar-refractivity contribution in [2.75, 3.05) is 11.9 Å². The van der Waals surface area contributed by atoms with E-state index in [2.05, 4.69) is 29.1 Å². The molecular formula is C13H21N3O. The third kappa shape index (κ3) is 3.32. The molecule has 0 atom stereocenters. The summed E-state index contributed by atoms with van der Waals surface area (Å²) in [6.45, 7) is 5.13. The highest BCUT2D eigenvalue weighted by Crippen LogP contribution is 2.25. The van der Waals surface area contributed by atoms with Crippen LogP contribution in [0.1, 0.15) is 45.4 Å². The highest BCUT2D eigenvalue weighted by atomic mass is 16.5. The number of nitrogens with one attached hydrogen (secondary N) is 1. The second-order valence-electron chi connectivity index (χ2n) is 4.46. The van der Waals surface area contributed by atoms with Crippen LogP contribution in [0.5, 0.6) is 5.88 Å². The molecule has 1 aliphatic carbocycles. The summed E-state index contributed by atoms with van der Waals surface area (Å²) >= 11 is 0. The predicted molar refractivity (Wildman–Crippen MR) is 68.5 cm³/mol. The maximum atomic E-state index is 5.82. The van der Waals surface area contributed by atoms with Gasteiger partial charge in [-0.1, -0.05) is 13.8 Å². The Labute approximate surface area is 103 Å². The van der Waals surface area contributed by atoms with Gasteiger partial charge in [-0.15, -0.1) is 0 Å². The van der Waals surface area contributed by atoms with Gasteiger partial charge in [-0.05, 0) is 25.7 Å². The van der Waals surface area contributed by atoms with Crippen molar-refractivity contribution >= 4 is 5.82 Å². The zero-order valence-electron chi connectivity index (χ0n) is 10.7. The minimum absolute atomic E-state index is 0.369. The van der Waals surface area contributed by atoms with Crippen LogP contribution in [0.2, 0.25) is 0 Å². The molecular weight excluding hydrogens is 214 g/mol. The van der Waals surface area contributed by atoms with Crippen LogP contribution >= 0.6 is 0 Å². The van der Waals surface area contributed by atoms with Gasteiger partial charge in [-0.3, -0.25) is 0 Å². The molecule has 0 aliphatic heterocycles. The number of ether oxygens (including phenoxy) is 1. The van der Waals surface area contributed by atoms with Crippen molar-refractivity contribution in [2.45, 2.75) is 52.1 Å². The fraction of sp³-hybridized carbons (Fsp3) is 0.692. The van der Waals surface area contributed by atoms with Crippen LogP contribution in [0.4, 0.5) is 5.82 Å². The second kappa shape index (κ2) is 5.84. The Morgan fingerprint density at radius 1 is 1.35 bits per heavy atom. The van der Waals surface area contributed by atoms with Crippen LogP contribution in [-0.2, 0) is 6.42 Å². The van der Waals surface area contributed by atoms with Crippen molar-refractivity contribution in [3.63, 3.8) is 0 Å². The highest BCUT2D eigenvalue weighted by molar-refractivity contribution is 5.38. The van der Waals surface area contributed by atoms with Crippen LogP contribution in [0.15, 0.2) is 6.07 Å². The van der Waals surface area contributed by atoms with E-state index in [1.807, 2.05) is 6.07 Å². The van der Waals surface area contributed by atoms with Crippen molar-refractivity contribution in [1.29, 1.82) is 0 Å². The lowest BCUT2D eigenvalue weighted by molar-refractivity contribution is 0.114. The van der Waals surface area contributed by atoms with Crippen molar-refractivity contribution in [1.82, 2.24) is 9.97 Å². The Bertz CT molecular complexity index is 364. The van der Waals surface area contributed by atoms with E-state index in [0.29, 0.717) is 6.10 Å². The second-order valence-corrected chi connectivity index (χ2v) is 4.46. The maximum Gasteiger partial charge on any atom is 0.218 e. The van der Waals surface area contributed by atoms with E-state index < -0.39 is 0 Å². The number of aromatic nitrogens is 2. The number of rotatable bonds is 6. The maximum absolute atomic E-state index is 5.82. The van der Waals surface area contributed by atoms with Gasteiger partial charge in [0.2, 0.25) is 5.88 Å². The molecule has 1 aliphatic rings. The molecule has 0 unspecified atom stereocenters. The van der Waals surface area contributed by atoms with Crippen molar-refractivity contribution in [2.24, 2.45) is 0 Å². The molecule has 0 spiro atoms. The van der Waals surface area contributed by atoms with Gasteiger partial charge in [-0.2, -0.15) is 4.98 Å². The lowest BCUT2D eigenvalue weighted by Gasteiger charge is -2.26. The fourth-order valence-corrected chi connectivity index (χ4v) is 1.69. The fourth-order valence-electron chi connectivity index (χ4n) is 1.69. The largest absolute Gasteiger partial charge is 0.474 e. The molecule has 17 heavy (non-hydrogen) atoms. The van der Waals surface area contributed by atoms with E-state index in [4.69, 9.17) is 4.74 Å². The van der Waals surface area contributed by atoms with E-state index in [1.165, 1.54) is 6.42 Å². The van der Waals surface area contributed by atoms with E-state index >= 15 is 0 Å². The topological polar surface area (TPSA) is 47.0 Å². The number of hydrogen-bond acceptors (Lipinski definition) is 4. The molecule has 0 aromatic carbocycles. The Morgan fingerprint density at radius 2 is 2.18 bits per heavy atom. The minimum Gasteiger partial charge on any atom is -0.474 e. The first kappa shape index (κ1) is 12.1. The van der Waals surface area contributed by atoms with Crippen LogP contribution < -0.4 is 10.1 Å². The third-order valence-corrected chi connectivity index (χ3v) is 2.96. The summed E-state index contributed by atoms with van der Waals surface area (Å²) < 4.78 is 5.82. The Hall–Kier alpha value is -1.32. The monoisotopic (exact) mass is 235 g/mol. The molecule has 1 N–H and O–H groups in total. The first-order valence-electron chi connectivity index (χ1n) is 6.60. The number of nitrogens with zero attached hydrogens (tertiary/aromatic N) is 2. The summed E-state index contributed by atoms with van der Waals surface area (Å²) in [5, 5.41) is 3.29. The summed E-state index contributed by atoms with van der Waals surface area (Å²) in [6, 6.07) is 1.91. The third-order valence-electron chi connectivity index (χ3n) is 2.96. The van der Waals surface area contributed by atoms with Gasteiger partial charge < -0.3 is 10.1 Å². The van der Waals surface area contributed by atoms with Crippen molar-refractivity contribution in [3.05, 3.63) is 11.9 Å². The SMILES string of the molecule is CCCNc1cc(OC2CCC2)nc(CC)n1. The molecule has 94 valence electrons. The Balaban J connectivity index is 2.06. The minimum atomic E-state index is 0.369. The van der Waals surface area contributed by atoms with Gasteiger partial charge in [0, 0.05) is 19.0 Å². The summed E-state index contributed by atoms with van der Waals surface area (Å²) in [5.41, 5.74) is 0. The number of aryl methyl sites for hydroxylation is 1. The van der Waals surface area contributed by atoms with Crippen LogP contribution in [0.25, 0.3) is 0 Å². The summed E-state index contributed by atoms with van der Waals surface area (Å²) in [7, 11) is 0. The van der Waals surface area contributed by atoms with Gasteiger partial charge >= 0.3 is 0 Å². The molecule has 1 aromatic heterocycles. The lowest BCUT2D eigenvalue weighted by Crippen LogP contribution is -2.25. The van der Waals surface area contributed by atoms with Crippen molar-refractivity contribution < 1.29 is 4.74 Å². The van der Waals surface area contributed by atoms with E-state index in [-0.39, 0.29) is 0 Å². The standard InChI is InChI=1S/C13H21N3O/c1-3-8-14-12-9-13(16-11(4-2)15-12)17-10-6-5-7-10/h9-10H,3-8H2,1-2H3,(H,14,15,16). The van der Waals surface area contributed by atoms with Gasteiger partial charge in [0.15, 0.2) is 0 Å². The predicted octanol–water partition coefficient (Wildman–Crippen LogP) is 2.79. The van der Waals surface area contributed by atoms with Crippen molar-refractivity contribution in [3.8, 4) is 5.88 Å². The quantitative estimate of drug-likeness (QED) is 0.823. The lowest BCUT2D eigenvalue weighted by atomic mass is 9.96. The number of anilines is 1. The highest BCUT2D eigenvalue weighted by Gasteiger charge is 2.20. The van der Waals surface area contributed by atoms with Crippen LogP contribution in [0, 0.1) is 0 Å². The van der Waals surface area contributed by atoms with E-state index in [9.17, 15) is 0 Å². The molecule has 2 rings (SSSR count). The normalized spacial score (nSPS) is 15.4. The zero-order valence-corrected chi connectivity index (χ0v) is 10.7. The van der Waals surface area contributed by atoms with Crippen LogP contribution in [-0.4, -0.2) is 22.6 Å². The zero-order chi connectivity index (χ0) is 12.1. The van der Waals surface area contributed by atoms with Crippen LogP contribution in [0.3, 0.4) is 0 Å². The average molecular weight is 235 g/mol. The summed E-state index contributed by atoms with van der Waals surface area (Å²) in [5.74, 6) is 2.45. The molecule has 0 radical (unpaired) electrons. The van der Waals surface area contributed by atoms with Gasteiger partial charge in [0.25, 0.3) is 0 Å². The molecule has 1 fully saturated rings. The summed E-state index contributed by atoms with van der Waals surface area (Å²) in [6.07, 6.45) is 5.88. The van der Waals surface area contributed by atoms with Gasteiger partial charge in [0.05, 0.1) is 0 Å². The molecule has 0 bridgehead atoms. The summed E-state index contributed by atoms with van der Waals surface area (Å²) in [4.78, 5) is 8.85. The first-order chi connectivity index (χ1) is 8.31. The molecule has 4 heteroatoms. The average Bonchev–Trinajstić information content (AvgIpc) is 2.31. The molecule has 1 aromatic rings. The Kier molecular flexibility index (Phi) is 4.18. The first-order valence-corrected chi connectivity index (χ1v) is 6.60. The molecule has 4 nitrogen and oxygen atoms in total. The molecule has 0 amide bonds. The van der Waals surface area contributed by atoms with Gasteiger partial charge in [0.1, 0.15) is 17.7 Å². The number of hydrogen-bond donors (Lipinski definition) is 1. The molecule has 0 saturated heterocycles. The Morgan fingerprint density at radius 3 is 2.76 bits per heavy atom. The molecule has 1 saturated carbocycles. The van der Waals surface area contributed by atoms with Gasteiger partial charge in [-0.25, -0.2) is 4.98 Å².